The van der Waals surface area contributed by atoms with Crippen molar-refractivity contribution in [1.82, 2.24) is 5.32 Å². The van der Waals surface area contributed by atoms with E-state index in [1.165, 1.54) is 0 Å². The molecule has 0 saturated heterocycles. The van der Waals surface area contributed by atoms with E-state index in [1.807, 2.05) is 13.8 Å². The van der Waals surface area contributed by atoms with Crippen LogP contribution in [0.4, 0.5) is 0 Å². The molecule has 0 fully saturated rings. The van der Waals surface area contributed by atoms with Crippen LogP contribution in [0.2, 0.25) is 0 Å². The van der Waals surface area contributed by atoms with Gasteiger partial charge in [-0.2, -0.15) is 0 Å². The maximum Gasteiger partial charge on any atom is 0.175 e. The van der Waals surface area contributed by atoms with Crippen LogP contribution in [0.1, 0.15) is 27.2 Å². The van der Waals surface area contributed by atoms with Crippen molar-refractivity contribution in [2.75, 3.05) is 20.8 Å². The molecule has 0 spiro atoms. The van der Waals surface area contributed by atoms with E-state index < -0.39 is 11.8 Å². The Labute approximate surface area is 98.3 Å². The summed E-state index contributed by atoms with van der Waals surface area (Å²) in [5, 5.41) is 12.7. The zero-order valence-corrected chi connectivity index (χ0v) is 11.0. The first kappa shape index (κ1) is 15.8. The number of methoxy groups -OCH3 is 2. The Balaban J connectivity index is 4.45. The van der Waals surface area contributed by atoms with Crippen molar-refractivity contribution in [2.24, 2.45) is 5.73 Å². The highest BCUT2D eigenvalue weighted by Crippen LogP contribution is 2.15. The van der Waals surface area contributed by atoms with Crippen molar-refractivity contribution < 1.29 is 14.6 Å². The number of ether oxygens (including phenoxy) is 2. The maximum atomic E-state index is 9.31. The van der Waals surface area contributed by atoms with Crippen LogP contribution in [-0.4, -0.2) is 49.8 Å². The zero-order valence-electron chi connectivity index (χ0n) is 11.0. The molecule has 0 bridgehead atoms. The second-order valence-electron chi connectivity index (χ2n) is 4.56. The van der Waals surface area contributed by atoms with Gasteiger partial charge in [0.15, 0.2) is 6.29 Å². The van der Waals surface area contributed by atoms with Gasteiger partial charge in [0.25, 0.3) is 0 Å². The highest BCUT2D eigenvalue weighted by molar-refractivity contribution is 4.90. The quantitative estimate of drug-likeness (QED) is 0.518. The molecule has 0 rings (SSSR count). The molecule has 5 heteroatoms. The average molecular weight is 234 g/mol. The molecule has 0 aromatic heterocycles. The summed E-state index contributed by atoms with van der Waals surface area (Å²) in [7, 11) is 3.17. The molecule has 0 aliphatic rings. The van der Waals surface area contributed by atoms with E-state index in [1.54, 1.807) is 21.1 Å². The molecule has 0 heterocycles. The second kappa shape index (κ2) is 7.19. The summed E-state index contributed by atoms with van der Waals surface area (Å²) in [6.45, 7) is 6.11. The second-order valence-corrected chi connectivity index (χ2v) is 4.56. The van der Waals surface area contributed by atoms with Crippen molar-refractivity contribution in [1.29, 1.82) is 0 Å². The Morgan fingerprint density at radius 2 is 1.81 bits per heavy atom. The highest BCUT2D eigenvalue weighted by Gasteiger charge is 2.34. The van der Waals surface area contributed by atoms with Gasteiger partial charge < -0.3 is 25.6 Å². The Kier molecular flexibility index (Phi) is 7.10. The molecule has 16 heavy (non-hydrogen) atoms. The van der Waals surface area contributed by atoms with Gasteiger partial charge in [0.1, 0.15) is 0 Å². The van der Waals surface area contributed by atoms with Crippen molar-refractivity contribution in [3.8, 4) is 0 Å². The number of rotatable bonds is 8. The van der Waals surface area contributed by atoms with E-state index in [0.717, 1.165) is 0 Å². The van der Waals surface area contributed by atoms with Crippen molar-refractivity contribution in [2.45, 2.75) is 51.2 Å². The first-order valence-corrected chi connectivity index (χ1v) is 5.61. The maximum absolute atomic E-state index is 9.31. The van der Waals surface area contributed by atoms with E-state index in [9.17, 15) is 5.11 Å². The minimum Gasteiger partial charge on any atom is -0.393 e. The van der Waals surface area contributed by atoms with Gasteiger partial charge in [-0.05, 0) is 27.2 Å². The first-order valence-electron chi connectivity index (χ1n) is 5.61. The Morgan fingerprint density at radius 1 is 1.31 bits per heavy atom. The SMILES string of the molecule is COC(OC)C(C)(CN)NC(C)CC(C)O. The molecular weight excluding hydrogens is 208 g/mol. The summed E-state index contributed by atoms with van der Waals surface area (Å²) in [5.74, 6) is 0. The standard InChI is InChI=1S/C11H26N2O3/c1-8(6-9(2)14)13-11(3,7-12)10(15-4)16-5/h8-10,13-14H,6-7,12H2,1-5H3. The molecule has 0 saturated carbocycles. The molecule has 3 unspecified atom stereocenters. The zero-order chi connectivity index (χ0) is 12.8. The molecule has 4 N–H and O–H groups in total. The summed E-state index contributed by atoms with van der Waals surface area (Å²) >= 11 is 0. The molecule has 0 aromatic carbocycles. The van der Waals surface area contributed by atoms with Gasteiger partial charge in [-0.1, -0.05) is 0 Å². The molecule has 0 aliphatic heterocycles. The van der Waals surface area contributed by atoms with E-state index in [2.05, 4.69) is 5.32 Å². The monoisotopic (exact) mass is 234 g/mol. The van der Waals surface area contributed by atoms with Crippen LogP contribution in [0, 0.1) is 0 Å². The van der Waals surface area contributed by atoms with Crippen molar-refractivity contribution >= 4 is 0 Å². The molecule has 0 aliphatic carbocycles. The molecule has 0 radical (unpaired) electrons. The lowest BCUT2D eigenvalue weighted by atomic mass is 9.99. The molecule has 0 aromatic rings. The van der Waals surface area contributed by atoms with Crippen molar-refractivity contribution in [3.05, 3.63) is 0 Å². The number of hydrogen-bond donors (Lipinski definition) is 3. The van der Waals surface area contributed by atoms with Crippen LogP contribution in [0.25, 0.3) is 0 Å². The summed E-state index contributed by atoms with van der Waals surface area (Å²) in [6.07, 6.45) is -0.0857. The van der Waals surface area contributed by atoms with Gasteiger partial charge in [-0.3, -0.25) is 0 Å². The van der Waals surface area contributed by atoms with Crippen LogP contribution >= 0.6 is 0 Å². The molecular formula is C11H26N2O3. The van der Waals surface area contributed by atoms with Crippen LogP contribution in [-0.2, 0) is 9.47 Å². The Morgan fingerprint density at radius 3 is 2.12 bits per heavy atom. The highest BCUT2D eigenvalue weighted by atomic mass is 16.7. The van der Waals surface area contributed by atoms with Crippen LogP contribution in [0.3, 0.4) is 0 Å². The molecule has 0 amide bonds. The lowest BCUT2D eigenvalue weighted by molar-refractivity contribution is -0.151. The smallest absolute Gasteiger partial charge is 0.175 e. The minimum absolute atomic E-state index is 0.140. The normalized spacial score (nSPS) is 19.5. The van der Waals surface area contributed by atoms with Gasteiger partial charge in [0.05, 0.1) is 11.6 Å². The lowest BCUT2D eigenvalue weighted by Gasteiger charge is -2.38. The predicted octanol–water partition coefficient (Wildman–Crippen LogP) is 0.0717. The third-order valence-corrected chi connectivity index (χ3v) is 2.64. The fraction of sp³-hybridized carbons (Fsp3) is 1.00. The first-order chi connectivity index (χ1) is 7.39. The van der Waals surface area contributed by atoms with Gasteiger partial charge in [0, 0.05) is 26.8 Å². The van der Waals surface area contributed by atoms with Gasteiger partial charge in [0.2, 0.25) is 0 Å². The van der Waals surface area contributed by atoms with E-state index in [-0.39, 0.29) is 12.1 Å². The third-order valence-electron chi connectivity index (χ3n) is 2.64. The fourth-order valence-corrected chi connectivity index (χ4v) is 1.97. The largest absolute Gasteiger partial charge is 0.393 e. The summed E-state index contributed by atoms with van der Waals surface area (Å²) in [5.41, 5.74) is 5.29. The number of nitrogens with one attached hydrogen (secondary N) is 1. The molecule has 5 nitrogen and oxygen atoms in total. The Hall–Kier alpha value is -0.200. The number of aliphatic hydroxyl groups excluding tert-OH is 1. The lowest BCUT2D eigenvalue weighted by Crippen LogP contribution is -2.61. The number of aliphatic hydroxyl groups is 1. The van der Waals surface area contributed by atoms with Crippen LogP contribution in [0.5, 0.6) is 0 Å². The van der Waals surface area contributed by atoms with Crippen molar-refractivity contribution in [3.63, 3.8) is 0 Å². The van der Waals surface area contributed by atoms with Gasteiger partial charge >= 0.3 is 0 Å². The van der Waals surface area contributed by atoms with E-state index in [0.29, 0.717) is 13.0 Å². The number of hydrogen-bond acceptors (Lipinski definition) is 5. The van der Waals surface area contributed by atoms with E-state index in [4.69, 9.17) is 15.2 Å². The van der Waals surface area contributed by atoms with E-state index >= 15 is 0 Å². The Bertz CT molecular complexity index is 186. The van der Waals surface area contributed by atoms with Crippen LogP contribution in [0.15, 0.2) is 0 Å². The average Bonchev–Trinajstić information content (AvgIpc) is 2.17. The minimum atomic E-state index is -0.461. The van der Waals surface area contributed by atoms with Gasteiger partial charge in [-0.15, -0.1) is 0 Å². The summed E-state index contributed by atoms with van der Waals surface area (Å²) in [6, 6.07) is 0.140. The van der Waals surface area contributed by atoms with Crippen LogP contribution < -0.4 is 11.1 Å². The molecule has 3 atom stereocenters. The summed E-state index contributed by atoms with van der Waals surface area (Å²) in [4.78, 5) is 0. The molecule has 98 valence electrons. The van der Waals surface area contributed by atoms with Gasteiger partial charge in [-0.25, -0.2) is 0 Å². The third kappa shape index (κ3) is 4.76. The topological polar surface area (TPSA) is 76.7 Å². The summed E-state index contributed by atoms with van der Waals surface area (Å²) < 4.78 is 10.5. The predicted molar refractivity (Wildman–Crippen MR) is 64.2 cm³/mol. The number of nitrogens with two attached hydrogens (primary N) is 1. The fourth-order valence-electron chi connectivity index (χ4n) is 1.97.